The Balaban J connectivity index is 1.86. The molecule has 1 aliphatic rings. The summed E-state index contributed by atoms with van der Waals surface area (Å²) in [5, 5.41) is 2.63. The number of anilines is 1. The Morgan fingerprint density at radius 3 is 2.48 bits per heavy atom. The second-order valence-electron chi connectivity index (χ2n) is 5.79. The maximum Gasteiger partial charge on any atom is 0.416 e. The Bertz CT molecular complexity index is 934. The summed E-state index contributed by atoms with van der Waals surface area (Å²) in [6.07, 6.45) is -4.66. The lowest BCUT2D eigenvalue weighted by Gasteiger charge is -2.23. The van der Waals surface area contributed by atoms with Crippen molar-refractivity contribution in [3.8, 4) is 0 Å². The van der Waals surface area contributed by atoms with Crippen molar-refractivity contribution in [1.29, 1.82) is 0 Å². The van der Waals surface area contributed by atoms with Crippen LogP contribution in [0.5, 0.6) is 0 Å². The number of carbonyl (C=O) groups excluding carboxylic acids is 1. The van der Waals surface area contributed by atoms with E-state index in [0.29, 0.717) is 11.8 Å². The van der Waals surface area contributed by atoms with E-state index in [-0.39, 0.29) is 11.6 Å². The number of alkyl halides is 3. The molecule has 27 heavy (non-hydrogen) atoms. The van der Waals surface area contributed by atoms with Crippen molar-refractivity contribution in [3.63, 3.8) is 0 Å². The van der Waals surface area contributed by atoms with E-state index in [9.17, 15) is 26.4 Å². The molecule has 0 aromatic heterocycles. The molecule has 5 nitrogen and oxygen atoms in total. The summed E-state index contributed by atoms with van der Waals surface area (Å²) in [6, 6.07) is 11.0. The molecular weight excluding hydrogens is 401 g/mol. The second kappa shape index (κ2) is 7.53. The highest BCUT2D eigenvalue weighted by molar-refractivity contribution is 8.00. The van der Waals surface area contributed by atoms with E-state index < -0.39 is 38.6 Å². The lowest BCUT2D eigenvalue weighted by Crippen LogP contribution is -2.44. The van der Waals surface area contributed by atoms with E-state index in [1.165, 1.54) is 11.8 Å². The first-order valence-corrected chi connectivity index (χ1v) is 10.4. The van der Waals surface area contributed by atoms with Crippen LogP contribution in [0.25, 0.3) is 0 Å². The van der Waals surface area contributed by atoms with E-state index in [2.05, 4.69) is 5.32 Å². The molecule has 1 atom stereocenters. The number of nitrogens with one attached hydrogen (secondary N) is 1. The number of halogens is 3. The van der Waals surface area contributed by atoms with Gasteiger partial charge in [0.15, 0.2) is 0 Å². The number of hydrogen-bond acceptors (Lipinski definition) is 4. The summed E-state index contributed by atoms with van der Waals surface area (Å²) < 4.78 is 65.3. The molecule has 2 aromatic rings. The van der Waals surface area contributed by atoms with Crippen molar-refractivity contribution in [1.82, 2.24) is 4.31 Å². The maximum absolute atomic E-state index is 12.9. The van der Waals surface area contributed by atoms with Gasteiger partial charge in [-0.05, 0) is 30.3 Å². The first-order valence-electron chi connectivity index (χ1n) is 7.82. The van der Waals surface area contributed by atoms with Gasteiger partial charge in [0.1, 0.15) is 6.04 Å². The van der Waals surface area contributed by atoms with Gasteiger partial charge >= 0.3 is 6.18 Å². The highest BCUT2D eigenvalue weighted by Gasteiger charge is 2.41. The van der Waals surface area contributed by atoms with Crippen LogP contribution in [0.3, 0.4) is 0 Å². The highest BCUT2D eigenvalue weighted by atomic mass is 32.2. The summed E-state index contributed by atoms with van der Waals surface area (Å²) in [5.74, 6) is -0.316. The van der Waals surface area contributed by atoms with Crippen molar-refractivity contribution in [2.45, 2.75) is 17.1 Å². The number of carbonyl (C=O) groups is 1. The predicted molar refractivity (Wildman–Crippen MR) is 96.7 cm³/mol. The molecule has 144 valence electrons. The lowest BCUT2D eigenvalue weighted by atomic mass is 10.2. The van der Waals surface area contributed by atoms with Gasteiger partial charge < -0.3 is 5.32 Å². The molecule has 3 rings (SSSR count). The molecular formula is C17H15F3N2O3S2. The van der Waals surface area contributed by atoms with Gasteiger partial charge in [0, 0.05) is 11.4 Å². The SMILES string of the molecule is O=C(Nc1ccccc1)C1CSCN1S(=O)(=O)c1cccc(C(F)(F)F)c1. The first-order chi connectivity index (χ1) is 12.7. The molecule has 1 amide bonds. The van der Waals surface area contributed by atoms with Crippen LogP contribution in [-0.4, -0.2) is 36.3 Å². The zero-order valence-corrected chi connectivity index (χ0v) is 15.4. The van der Waals surface area contributed by atoms with Crippen molar-refractivity contribution >= 4 is 33.4 Å². The summed E-state index contributed by atoms with van der Waals surface area (Å²) in [7, 11) is -4.26. The third-order valence-electron chi connectivity index (χ3n) is 3.95. The zero-order chi connectivity index (χ0) is 19.7. The standard InChI is InChI=1S/C17H15F3N2O3S2/c18-17(19,20)12-5-4-8-14(9-12)27(24,25)22-11-26-10-15(22)16(23)21-13-6-2-1-3-7-13/h1-9,15H,10-11H2,(H,21,23). The number of rotatable bonds is 4. The number of nitrogens with zero attached hydrogens (tertiary/aromatic N) is 1. The summed E-state index contributed by atoms with van der Waals surface area (Å²) in [5.41, 5.74) is -0.545. The van der Waals surface area contributed by atoms with Crippen molar-refractivity contribution < 1.29 is 26.4 Å². The van der Waals surface area contributed by atoms with Gasteiger partial charge in [0.25, 0.3) is 0 Å². The van der Waals surface area contributed by atoms with E-state index in [4.69, 9.17) is 0 Å². The summed E-state index contributed by atoms with van der Waals surface area (Å²) >= 11 is 1.22. The van der Waals surface area contributed by atoms with Crippen LogP contribution in [0, 0.1) is 0 Å². The van der Waals surface area contributed by atoms with Gasteiger partial charge in [-0.3, -0.25) is 4.79 Å². The average Bonchev–Trinajstić information content (AvgIpc) is 3.13. The molecule has 0 bridgehead atoms. The quantitative estimate of drug-likeness (QED) is 0.830. The summed E-state index contributed by atoms with van der Waals surface area (Å²) in [6.45, 7) is 0. The second-order valence-corrected chi connectivity index (χ2v) is 8.68. The van der Waals surface area contributed by atoms with E-state index in [1.807, 2.05) is 0 Å². The van der Waals surface area contributed by atoms with Gasteiger partial charge in [0.05, 0.1) is 16.3 Å². The molecule has 0 spiro atoms. The van der Waals surface area contributed by atoms with Gasteiger partial charge in [-0.15, -0.1) is 11.8 Å². The Kier molecular flexibility index (Phi) is 5.50. The Hall–Kier alpha value is -2.04. The summed E-state index contributed by atoms with van der Waals surface area (Å²) in [4.78, 5) is 12.0. The van der Waals surface area contributed by atoms with Crippen LogP contribution in [-0.2, 0) is 21.0 Å². The monoisotopic (exact) mass is 416 g/mol. The minimum atomic E-state index is -4.66. The number of thioether (sulfide) groups is 1. The normalized spacial score (nSPS) is 18.4. The molecule has 1 N–H and O–H groups in total. The minimum absolute atomic E-state index is 0.00848. The molecule has 2 aromatic carbocycles. The average molecular weight is 416 g/mol. The van der Waals surface area contributed by atoms with Crippen molar-refractivity contribution in [2.24, 2.45) is 0 Å². The zero-order valence-electron chi connectivity index (χ0n) is 13.8. The molecule has 1 unspecified atom stereocenters. The third kappa shape index (κ3) is 4.28. The lowest BCUT2D eigenvalue weighted by molar-refractivity contribution is -0.137. The van der Waals surface area contributed by atoms with E-state index in [0.717, 1.165) is 22.5 Å². The number of sulfonamides is 1. The molecule has 10 heteroatoms. The smallest absolute Gasteiger partial charge is 0.325 e. The largest absolute Gasteiger partial charge is 0.416 e. The first kappa shape index (κ1) is 19.7. The Labute approximate surface area is 158 Å². The molecule has 0 radical (unpaired) electrons. The number of hydrogen-bond donors (Lipinski definition) is 1. The van der Waals surface area contributed by atoms with Crippen LogP contribution in [0.2, 0.25) is 0 Å². The van der Waals surface area contributed by atoms with Gasteiger partial charge in [0.2, 0.25) is 15.9 Å². The minimum Gasteiger partial charge on any atom is -0.325 e. The van der Waals surface area contributed by atoms with Gasteiger partial charge in [-0.2, -0.15) is 17.5 Å². The fourth-order valence-corrected chi connectivity index (χ4v) is 5.78. The van der Waals surface area contributed by atoms with Gasteiger partial charge in [-0.25, -0.2) is 8.42 Å². The van der Waals surface area contributed by atoms with Crippen LogP contribution in [0.15, 0.2) is 59.5 Å². The topological polar surface area (TPSA) is 66.5 Å². The molecule has 0 saturated carbocycles. The van der Waals surface area contributed by atoms with E-state index in [1.54, 1.807) is 30.3 Å². The predicted octanol–water partition coefficient (Wildman–Crippen LogP) is 3.41. The van der Waals surface area contributed by atoms with E-state index >= 15 is 0 Å². The van der Waals surface area contributed by atoms with Crippen LogP contribution < -0.4 is 5.32 Å². The molecule has 1 aliphatic heterocycles. The Morgan fingerprint density at radius 1 is 1.11 bits per heavy atom. The number of amides is 1. The molecule has 0 aliphatic carbocycles. The molecule has 1 heterocycles. The molecule has 1 saturated heterocycles. The highest BCUT2D eigenvalue weighted by Crippen LogP contribution is 2.33. The fourth-order valence-electron chi connectivity index (χ4n) is 2.59. The van der Waals surface area contributed by atoms with Gasteiger partial charge in [-0.1, -0.05) is 24.3 Å². The number of para-hydroxylation sites is 1. The fraction of sp³-hybridized carbons (Fsp3) is 0.235. The van der Waals surface area contributed by atoms with Crippen molar-refractivity contribution in [2.75, 3.05) is 16.9 Å². The van der Waals surface area contributed by atoms with Crippen LogP contribution in [0.1, 0.15) is 5.56 Å². The Morgan fingerprint density at radius 2 is 1.81 bits per heavy atom. The van der Waals surface area contributed by atoms with Crippen molar-refractivity contribution in [3.05, 3.63) is 60.2 Å². The maximum atomic E-state index is 12.9. The molecule has 1 fully saturated rings. The number of benzene rings is 2. The third-order valence-corrected chi connectivity index (χ3v) is 6.98. The van der Waals surface area contributed by atoms with Crippen LogP contribution >= 0.6 is 11.8 Å². The van der Waals surface area contributed by atoms with Crippen LogP contribution in [0.4, 0.5) is 18.9 Å².